The summed E-state index contributed by atoms with van der Waals surface area (Å²) < 4.78 is 4.66. The lowest BCUT2D eigenvalue weighted by Gasteiger charge is -2.26. The van der Waals surface area contributed by atoms with Gasteiger partial charge in [-0.1, -0.05) is 109 Å². The van der Waals surface area contributed by atoms with Gasteiger partial charge in [0.15, 0.2) is 0 Å². The average molecular weight is 709 g/mol. The number of fused-ring (bicyclic) bond motifs is 6. The number of rotatable bonds is 7. The van der Waals surface area contributed by atoms with Crippen molar-refractivity contribution in [1.29, 1.82) is 0 Å². The van der Waals surface area contributed by atoms with Gasteiger partial charge in [-0.2, -0.15) is 5.10 Å². The monoisotopic (exact) mass is 708 g/mol. The van der Waals surface area contributed by atoms with Crippen LogP contribution in [0.25, 0.3) is 66.2 Å². The molecule has 55 heavy (non-hydrogen) atoms. The first-order valence-electron chi connectivity index (χ1n) is 19.6. The Morgan fingerprint density at radius 1 is 0.582 bits per heavy atom. The summed E-state index contributed by atoms with van der Waals surface area (Å²) in [5.41, 5.74) is 15.4. The van der Waals surface area contributed by atoms with Crippen molar-refractivity contribution in [2.75, 3.05) is 4.90 Å². The zero-order valence-electron chi connectivity index (χ0n) is 30.9. The van der Waals surface area contributed by atoms with Gasteiger partial charge in [0.05, 0.1) is 22.2 Å². The fourth-order valence-electron chi connectivity index (χ4n) is 8.79. The van der Waals surface area contributed by atoms with Crippen LogP contribution in [0.2, 0.25) is 0 Å². The highest BCUT2D eigenvalue weighted by Gasteiger charge is 2.28. The number of anilines is 3. The SMILES string of the molecule is Cc1c(-c2ccc(N(c3ccc(-c4ccccc4)cc3)c3ccc4c(c3)c3ccccc3n4C3=CCCC=C3)cc2)nn2c(C3CC3)cc3ccccc3c12. The largest absolute Gasteiger partial charge is 0.310 e. The maximum Gasteiger partial charge on any atom is 0.0963 e. The van der Waals surface area contributed by atoms with Crippen molar-refractivity contribution in [3.63, 3.8) is 0 Å². The molecule has 0 saturated heterocycles. The number of hydrogen-bond donors (Lipinski definition) is 0. The Balaban J connectivity index is 1.05. The Bertz CT molecular complexity index is 2970. The summed E-state index contributed by atoms with van der Waals surface area (Å²) >= 11 is 0. The van der Waals surface area contributed by atoms with Gasteiger partial charge in [0.1, 0.15) is 0 Å². The summed E-state index contributed by atoms with van der Waals surface area (Å²) in [7, 11) is 0. The maximum absolute atomic E-state index is 5.32. The predicted octanol–water partition coefficient (Wildman–Crippen LogP) is 13.8. The Morgan fingerprint density at radius 3 is 1.98 bits per heavy atom. The molecule has 11 rings (SSSR count). The fourth-order valence-corrected chi connectivity index (χ4v) is 8.79. The van der Waals surface area contributed by atoms with Crippen molar-refractivity contribution >= 4 is 60.9 Å². The Kier molecular flexibility index (Phi) is 7.38. The second-order valence-electron chi connectivity index (χ2n) is 15.1. The molecule has 1 saturated carbocycles. The highest BCUT2D eigenvalue weighted by Crippen LogP contribution is 2.44. The minimum Gasteiger partial charge on any atom is -0.310 e. The van der Waals surface area contributed by atoms with E-state index in [1.54, 1.807) is 0 Å². The smallest absolute Gasteiger partial charge is 0.0963 e. The third kappa shape index (κ3) is 5.32. The van der Waals surface area contributed by atoms with Crippen LogP contribution in [0.4, 0.5) is 17.1 Å². The molecule has 4 heteroatoms. The number of aryl methyl sites for hydroxylation is 1. The normalized spacial score (nSPS) is 14.3. The maximum atomic E-state index is 5.32. The molecule has 6 aromatic carbocycles. The van der Waals surface area contributed by atoms with Crippen molar-refractivity contribution < 1.29 is 0 Å². The van der Waals surface area contributed by atoms with Gasteiger partial charge >= 0.3 is 0 Å². The topological polar surface area (TPSA) is 25.5 Å². The summed E-state index contributed by atoms with van der Waals surface area (Å²) in [6.45, 7) is 2.24. The number of para-hydroxylation sites is 1. The van der Waals surface area contributed by atoms with Gasteiger partial charge in [0.25, 0.3) is 0 Å². The molecule has 264 valence electrons. The molecule has 9 aromatic rings. The first-order valence-corrected chi connectivity index (χ1v) is 19.6. The first-order chi connectivity index (χ1) is 27.2. The van der Waals surface area contributed by atoms with E-state index < -0.39 is 0 Å². The van der Waals surface area contributed by atoms with Crippen LogP contribution >= 0.6 is 0 Å². The lowest BCUT2D eigenvalue weighted by Crippen LogP contribution is -2.10. The van der Waals surface area contributed by atoms with Gasteiger partial charge in [-0.3, -0.25) is 0 Å². The highest BCUT2D eigenvalue weighted by molar-refractivity contribution is 6.12. The second kappa shape index (κ2) is 12.7. The summed E-state index contributed by atoms with van der Waals surface area (Å²) in [4.78, 5) is 2.39. The molecule has 0 radical (unpaired) electrons. The summed E-state index contributed by atoms with van der Waals surface area (Å²) in [6, 6.07) is 55.5. The Hall–Kier alpha value is -6.65. The van der Waals surface area contributed by atoms with E-state index in [0.29, 0.717) is 5.92 Å². The summed E-state index contributed by atoms with van der Waals surface area (Å²) in [6.07, 6.45) is 11.5. The van der Waals surface area contributed by atoms with E-state index in [-0.39, 0.29) is 0 Å². The van der Waals surface area contributed by atoms with E-state index in [1.807, 2.05) is 0 Å². The van der Waals surface area contributed by atoms with Crippen LogP contribution in [-0.4, -0.2) is 14.2 Å². The molecule has 1 fully saturated rings. The molecule has 0 spiro atoms. The van der Waals surface area contributed by atoms with Crippen molar-refractivity contribution in [3.05, 3.63) is 181 Å². The van der Waals surface area contributed by atoms with Gasteiger partial charge in [-0.05, 0) is 110 Å². The third-order valence-electron chi connectivity index (χ3n) is 11.7. The lowest BCUT2D eigenvalue weighted by molar-refractivity contribution is 0.866. The highest BCUT2D eigenvalue weighted by atomic mass is 15.2. The van der Waals surface area contributed by atoms with Crippen molar-refractivity contribution in [2.45, 2.75) is 38.5 Å². The van der Waals surface area contributed by atoms with E-state index in [2.05, 4.69) is 191 Å². The summed E-state index contributed by atoms with van der Waals surface area (Å²) in [5, 5.41) is 10.4. The minimum atomic E-state index is 0.589. The zero-order valence-corrected chi connectivity index (χ0v) is 30.9. The summed E-state index contributed by atoms with van der Waals surface area (Å²) in [5.74, 6) is 0.589. The van der Waals surface area contributed by atoms with Crippen LogP contribution in [-0.2, 0) is 0 Å². The van der Waals surface area contributed by atoms with Crippen molar-refractivity contribution in [1.82, 2.24) is 14.2 Å². The number of aromatic nitrogens is 3. The lowest BCUT2D eigenvalue weighted by atomic mass is 10.0. The molecule has 4 nitrogen and oxygen atoms in total. The quantitative estimate of drug-likeness (QED) is 0.165. The molecule has 3 heterocycles. The number of hydrogen-bond acceptors (Lipinski definition) is 2. The molecule has 0 N–H and O–H groups in total. The molecular formula is C51H40N4. The van der Waals surface area contributed by atoms with Crippen LogP contribution in [0.15, 0.2) is 170 Å². The molecular weight excluding hydrogens is 669 g/mol. The molecule has 0 aliphatic heterocycles. The molecule has 0 bridgehead atoms. The van der Waals surface area contributed by atoms with E-state index >= 15 is 0 Å². The van der Waals surface area contributed by atoms with Crippen LogP contribution in [0.5, 0.6) is 0 Å². The minimum absolute atomic E-state index is 0.589. The van der Waals surface area contributed by atoms with Gasteiger partial charge in [0.2, 0.25) is 0 Å². The number of allylic oxidation sites excluding steroid dienone is 4. The van der Waals surface area contributed by atoms with E-state index in [9.17, 15) is 0 Å². The predicted molar refractivity (Wildman–Crippen MR) is 231 cm³/mol. The number of nitrogens with zero attached hydrogens (tertiary/aromatic N) is 4. The Morgan fingerprint density at radius 2 is 1.24 bits per heavy atom. The second-order valence-corrected chi connectivity index (χ2v) is 15.1. The zero-order chi connectivity index (χ0) is 36.5. The molecule has 0 unspecified atom stereocenters. The standard InChI is InChI=1S/C51H40N4/c1-34-50(52-55-49(37-20-21-37)32-39-14-8-9-17-44(39)51(34)55)38-24-28-42(29-25-38)53(41-26-22-36(23-27-41)35-12-4-2-5-13-35)43-30-31-48-46(33-43)45-18-10-11-19-47(45)54(48)40-15-6-3-7-16-40/h2,4-6,8-19,22-33,37H,3,7,20-21H2,1H3. The van der Waals surface area contributed by atoms with Gasteiger partial charge in [-0.15, -0.1) is 0 Å². The molecule has 3 aromatic heterocycles. The van der Waals surface area contributed by atoms with Crippen LogP contribution in [0.1, 0.15) is 42.9 Å². The van der Waals surface area contributed by atoms with E-state index in [0.717, 1.165) is 41.2 Å². The fraction of sp³-hybridized carbons (Fsp3) is 0.118. The van der Waals surface area contributed by atoms with Crippen molar-refractivity contribution in [3.8, 4) is 22.4 Å². The van der Waals surface area contributed by atoms with Gasteiger partial charge in [-0.25, -0.2) is 4.52 Å². The average Bonchev–Trinajstić information content (AvgIpc) is 3.97. The molecule has 0 amide bonds. The van der Waals surface area contributed by atoms with Crippen LogP contribution in [0, 0.1) is 6.92 Å². The molecule has 2 aliphatic carbocycles. The Labute approximate surface area is 320 Å². The van der Waals surface area contributed by atoms with Crippen molar-refractivity contribution in [2.24, 2.45) is 0 Å². The van der Waals surface area contributed by atoms with Crippen LogP contribution in [0.3, 0.4) is 0 Å². The first kappa shape index (κ1) is 31.8. The molecule has 0 atom stereocenters. The van der Waals surface area contributed by atoms with E-state index in [1.165, 1.54) is 79.0 Å². The van der Waals surface area contributed by atoms with E-state index in [4.69, 9.17) is 5.10 Å². The third-order valence-corrected chi connectivity index (χ3v) is 11.7. The van der Waals surface area contributed by atoms with Crippen LogP contribution < -0.4 is 4.90 Å². The van der Waals surface area contributed by atoms with Gasteiger partial charge < -0.3 is 9.47 Å². The number of pyridine rings is 1. The molecule has 2 aliphatic rings. The van der Waals surface area contributed by atoms with Gasteiger partial charge in [0, 0.05) is 61.7 Å². The number of benzene rings is 6.